The summed E-state index contributed by atoms with van der Waals surface area (Å²) < 4.78 is 1.84. The highest BCUT2D eigenvalue weighted by molar-refractivity contribution is 5.75. The Morgan fingerprint density at radius 2 is 1.87 bits per heavy atom. The van der Waals surface area contributed by atoms with Crippen LogP contribution in [0.3, 0.4) is 0 Å². The number of benzene rings is 2. The highest BCUT2D eigenvalue weighted by atomic mass is 16.2. The maximum absolute atomic E-state index is 12.7. The summed E-state index contributed by atoms with van der Waals surface area (Å²) in [5, 5.41) is 7.53. The molecule has 5 heteroatoms. The van der Waals surface area contributed by atoms with Gasteiger partial charge in [0.05, 0.1) is 6.20 Å². The standard InChI is InChI=1S/C26H30N4O/c1-29-18-23(17-27-29)22-9-5-6-20(15-22)14-19-10-12-30(13-11-19)26(31)28-25-16-24(25)21-7-3-2-4-8-21/h2-9,15,17-19,24-25H,10-14,16H2,1H3,(H,28,31). The van der Waals surface area contributed by atoms with E-state index in [2.05, 4.69) is 65.1 Å². The molecule has 160 valence electrons. The highest BCUT2D eigenvalue weighted by Crippen LogP contribution is 2.40. The van der Waals surface area contributed by atoms with Crippen molar-refractivity contribution in [3.63, 3.8) is 0 Å². The van der Waals surface area contributed by atoms with Crippen LogP contribution in [0.25, 0.3) is 11.1 Å². The largest absolute Gasteiger partial charge is 0.335 e. The first-order valence-electron chi connectivity index (χ1n) is 11.3. The van der Waals surface area contributed by atoms with Crippen molar-refractivity contribution in [1.29, 1.82) is 0 Å². The second-order valence-electron chi connectivity index (χ2n) is 9.05. The van der Waals surface area contributed by atoms with Crippen LogP contribution >= 0.6 is 0 Å². The summed E-state index contributed by atoms with van der Waals surface area (Å²) in [6.45, 7) is 1.70. The normalized spacial score (nSPS) is 21.1. The highest BCUT2D eigenvalue weighted by Gasteiger charge is 2.40. The summed E-state index contributed by atoms with van der Waals surface area (Å²) in [5.74, 6) is 1.11. The van der Waals surface area contributed by atoms with Crippen molar-refractivity contribution in [2.45, 2.75) is 37.6 Å². The van der Waals surface area contributed by atoms with Crippen LogP contribution in [-0.2, 0) is 13.5 Å². The molecule has 2 aliphatic rings. The number of likely N-dealkylation sites (tertiary alicyclic amines) is 1. The fourth-order valence-corrected chi connectivity index (χ4v) is 4.79. The monoisotopic (exact) mass is 414 g/mol. The van der Waals surface area contributed by atoms with E-state index < -0.39 is 0 Å². The molecule has 2 atom stereocenters. The summed E-state index contributed by atoms with van der Waals surface area (Å²) in [6.07, 6.45) is 8.23. The van der Waals surface area contributed by atoms with Gasteiger partial charge in [0.25, 0.3) is 0 Å². The Morgan fingerprint density at radius 3 is 2.61 bits per heavy atom. The van der Waals surface area contributed by atoms with Gasteiger partial charge in [0.2, 0.25) is 0 Å². The number of urea groups is 1. The number of amides is 2. The van der Waals surface area contributed by atoms with Crippen molar-refractivity contribution in [2.24, 2.45) is 13.0 Å². The fourth-order valence-electron chi connectivity index (χ4n) is 4.79. The van der Waals surface area contributed by atoms with Crippen LogP contribution in [0, 0.1) is 5.92 Å². The number of aryl methyl sites for hydroxylation is 1. The molecule has 1 aromatic heterocycles. The van der Waals surface area contributed by atoms with E-state index in [1.54, 1.807) is 0 Å². The van der Waals surface area contributed by atoms with Gasteiger partial charge in [0.1, 0.15) is 0 Å². The quantitative estimate of drug-likeness (QED) is 0.663. The minimum absolute atomic E-state index is 0.112. The van der Waals surface area contributed by atoms with Gasteiger partial charge >= 0.3 is 6.03 Å². The van der Waals surface area contributed by atoms with E-state index in [-0.39, 0.29) is 6.03 Å². The Morgan fingerprint density at radius 1 is 1.06 bits per heavy atom. The lowest BCUT2D eigenvalue weighted by atomic mass is 9.89. The predicted molar refractivity (Wildman–Crippen MR) is 123 cm³/mol. The van der Waals surface area contributed by atoms with E-state index in [1.807, 2.05) is 28.9 Å². The SMILES string of the molecule is Cn1cc(-c2cccc(CC3CCN(C(=O)NC4CC4c4ccccc4)CC3)c2)cn1. The molecule has 0 spiro atoms. The molecule has 0 radical (unpaired) electrons. The Hall–Kier alpha value is -3.08. The third kappa shape index (κ3) is 4.66. The lowest BCUT2D eigenvalue weighted by Gasteiger charge is -2.32. The minimum Gasteiger partial charge on any atom is -0.335 e. The van der Waals surface area contributed by atoms with Gasteiger partial charge in [0.15, 0.2) is 0 Å². The van der Waals surface area contributed by atoms with Crippen molar-refractivity contribution in [3.8, 4) is 11.1 Å². The summed E-state index contributed by atoms with van der Waals surface area (Å²) in [7, 11) is 1.95. The number of hydrogen-bond donors (Lipinski definition) is 1. The zero-order chi connectivity index (χ0) is 21.2. The number of hydrogen-bond acceptors (Lipinski definition) is 2. The number of carbonyl (C=O) groups is 1. The lowest BCUT2D eigenvalue weighted by Crippen LogP contribution is -2.45. The van der Waals surface area contributed by atoms with Crippen molar-refractivity contribution in [2.75, 3.05) is 13.1 Å². The molecule has 31 heavy (non-hydrogen) atoms. The van der Waals surface area contributed by atoms with E-state index >= 15 is 0 Å². The zero-order valence-corrected chi connectivity index (χ0v) is 18.1. The van der Waals surface area contributed by atoms with Crippen LogP contribution in [-0.4, -0.2) is 39.8 Å². The van der Waals surface area contributed by atoms with Gasteiger partial charge in [-0.1, -0.05) is 54.6 Å². The van der Waals surface area contributed by atoms with Crippen LogP contribution in [0.2, 0.25) is 0 Å². The van der Waals surface area contributed by atoms with Gasteiger partial charge < -0.3 is 10.2 Å². The summed E-state index contributed by atoms with van der Waals surface area (Å²) in [5.41, 5.74) is 5.08. The molecule has 2 fully saturated rings. The summed E-state index contributed by atoms with van der Waals surface area (Å²) in [4.78, 5) is 14.7. The molecule has 2 amide bonds. The van der Waals surface area contributed by atoms with Gasteiger partial charge in [-0.3, -0.25) is 4.68 Å². The van der Waals surface area contributed by atoms with Crippen molar-refractivity contribution in [3.05, 3.63) is 78.1 Å². The van der Waals surface area contributed by atoms with Crippen molar-refractivity contribution in [1.82, 2.24) is 20.0 Å². The van der Waals surface area contributed by atoms with Gasteiger partial charge in [-0.2, -0.15) is 5.10 Å². The molecular formula is C26H30N4O. The number of carbonyl (C=O) groups excluding carboxylic acids is 1. The molecule has 2 heterocycles. The molecule has 1 N–H and O–H groups in total. The molecule has 2 unspecified atom stereocenters. The summed E-state index contributed by atoms with van der Waals surface area (Å²) >= 11 is 0. The Bertz CT molecular complexity index is 1040. The first kappa shape index (κ1) is 19.9. The van der Waals surface area contributed by atoms with Gasteiger partial charge in [-0.15, -0.1) is 0 Å². The molecule has 5 rings (SSSR count). The van der Waals surface area contributed by atoms with Crippen LogP contribution in [0.1, 0.15) is 36.3 Å². The van der Waals surface area contributed by atoms with Crippen LogP contribution < -0.4 is 5.32 Å². The third-order valence-electron chi connectivity index (χ3n) is 6.72. The molecule has 0 bridgehead atoms. The van der Waals surface area contributed by atoms with Crippen LogP contribution in [0.4, 0.5) is 4.79 Å². The Balaban J connectivity index is 1.11. The van der Waals surface area contributed by atoms with E-state index in [9.17, 15) is 4.79 Å². The van der Waals surface area contributed by atoms with Crippen molar-refractivity contribution < 1.29 is 4.79 Å². The first-order valence-corrected chi connectivity index (χ1v) is 11.3. The second kappa shape index (κ2) is 8.58. The number of rotatable bonds is 5. The molecule has 3 aromatic rings. The molecule has 2 aromatic carbocycles. The first-order chi connectivity index (χ1) is 15.2. The van der Waals surface area contributed by atoms with Crippen LogP contribution in [0.15, 0.2) is 67.0 Å². The Labute approximate surface area is 184 Å². The molecule has 1 aliphatic carbocycles. The van der Waals surface area contributed by atoms with E-state index in [1.165, 1.54) is 16.7 Å². The van der Waals surface area contributed by atoms with Gasteiger partial charge in [-0.05, 0) is 48.3 Å². The van der Waals surface area contributed by atoms with E-state index in [4.69, 9.17) is 0 Å². The number of nitrogens with one attached hydrogen (secondary N) is 1. The molecule has 1 saturated heterocycles. The minimum atomic E-state index is 0.112. The second-order valence-corrected chi connectivity index (χ2v) is 9.05. The fraction of sp³-hybridized carbons (Fsp3) is 0.385. The maximum Gasteiger partial charge on any atom is 0.317 e. The van der Waals surface area contributed by atoms with Gasteiger partial charge in [0, 0.05) is 43.9 Å². The number of nitrogens with zero attached hydrogens (tertiary/aromatic N) is 3. The predicted octanol–water partition coefficient (Wildman–Crippen LogP) is 4.61. The third-order valence-corrected chi connectivity index (χ3v) is 6.72. The Kier molecular flexibility index (Phi) is 5.49. The number of aromatic nitrogens is 2. The number of piperidine rings is 1. The molecule has 1 aliphatic heterocycles. The summed E-state index contributed by atoms with van der Waals surface area (Å²) in [6, 6.07) is 19.7. The van der Waals surface area contributed by atoms with Crippen LogP contribution in [0.5, 0.6) is 0 Å². The lowest BCUT2D eigenvalue weighted by molar-refractivity contribution is 0.170. The average Bonchev–Trinajstić information content (AvgIpc) is 3.43. The zero-order valence-electron chi connectivity index (χ0n) is 18.1. The van der Waals surface area contributed by atoms with E-state index in [0.717, 1.165) is 44.3 Å². The van der Waals surface area contributed by atoms with Gasteiger partial charge in [-0.25, -0.2) is 4.79 Å². The molecule has 5 nitrogen and oxygen atoms in total. The maximum atomic E-state index is 12.7. The molecule has 1 saturated carbocycles. The average molecular weight is 415 g/mol. The van der Waals surface area contributed by atoms with E-state index in [0.29, 0.717) is 17.9 Å². The topological polar surface area (TPSA) is 50.2 Å². The smallest absolute Gasteiger partial charge is 0.317 e. The molecular weight excluding hydrogens is 384 g/mol. The van der Waals surface area contributed by atoms with Crippen molar-refractivity contribution >= 4 is 6.03 Å².